The third kappa shape index (κ3) is 5.79. The van der Waals surface area contributed by atoms with Gasteiger partial charge < -0.3 is 11.1 Å². The predicted molar refractivity (Wildman–Crippen MR) is 134 cm³/mol. The summed E-state index contributed by atoms with van der Waals surface area (Å²) >= 11 is 0. The molecule has 0 aromatic heterocycles. The van der Waals surface area contributed by atoms with E-state index in [-0.39, 0.29) is 33.4 Å². The number of hydrogen-bond acceptors (Lipinski definition) is 11. The third-order valence-corrected chi connectivity index (χ3v) is 8.01. The maximum atomic E-state index is 12.2. The second-order valence-corrected chi connectivity index (χ2v) is 12.1. The van der Waals surface area contributed by atoms with E-state index in [9.17, 15) is 48.9 Å². The molecule has 0 spiro atoms. The first-order valence-corrected chi connectivity index (χ1v) is 14.4. The van der Waals surface area contributed by atoms with Crippen LogP contribution in [0.2, 0.25) is 0 Å². The number of rotatable bonds is 8. The van der Waals surface area contributed by atoms with Crippen LogP contribution in [-0.2, 0) is 35.1 Å². The van der Waals surface area contributed by atoms with Crippen LogP contribution in [0.25, 0.3) is 10.8 Å². The highest BCUT2D eigenvalue weighted by Crippen LogP contribution is 2.42. The molecule has 0 aliphatic rings. The van der Waals surface area contributed by atoms with E-state index < -0.39 is 62.3 Å². The number of hydrogen-bond donors (Lipinski definition) is 9. The number of quaternary nitrogens is 1. The van der Waals surface area contributed by atoms with Crippen LogP contribution in [0.3, 0.4) is 0 Å². The molecule has 3 aromatic carbocycles. The Bertz CT molecular complexity index is 1810. The largest absolute Gasteiger partial charge is 0.326 e. The van der Waals surface area contributed by atoms with Crippen molar-refractivity contribution in [2.45, 2.75) is 28.5 Å². The molecule has 206 valence electrons. The Morgan fingerprint density at radius 2 is 1.37 bits per heavy atom. The van der Waals surface area contributed by atoms with Gasteiger partial charge in [-0.3, -0.25) is 40.0 Å². The summed E-state index contributed by atoms with van der Waals surface area (Å²) in [6.45, 7) is 2.54. The molecule has 0 saturated carbocycles. The number of anilines is 4. The number of fused-ring (bicyclic) bond motifs is 1. The Morgan fingerprint density at radius 1 is 0.816 bits per heavy atom. The van der Waals surface area contributed by atoms with Crippen LogP contribution in [0.1, 0.15) is 12.5 Å². The van der Waals surface area contributed by atoms with Crippen molar-refractivity contribution in [2.75, 3.05) is 21.6 Å². The van der Waals surface area contributed by atoms with Gasteiger partial charge in [-0.1, -0.05) is 0 Å². The molecule has 0 aliphatic heterocycles. The third-order valence-electron chi connectivity index (χ3n) is 5.30. The maximum absolute atomic E-state index is 12.2. The maximum Gasteiger partial charge on any atom is 0.300 e. The molecule has 0 heterocycles. The molecule has 0 atom stereocenters. The highest BCUT2D eigenvalue weighted by atomic mass is 32.2. The molecular formula is C19H22N5O11S3+. The Hall–Kier alpha value is -3.56. The molecule has 0 radical (unpaired) electrons. The Balaban J connectivity index is 2.31. The van der Waals surface area contributed by atoms with Gasteiger partial charge in [0.25, 0.3) is 30.4 Å². The molecule has 0 aliphatic carbocycles. The normalized spacial score (nSPS) is 12.3. The van der Waals surface area contributed by atoms with Crippen molar-refractivity contribution in [1.29, 1.82) is 0 Å². The van der Waals surface area contributed by atoms with Crippen molar-refractivity contribution in [1.82, 2.24) is 0 Å². The average molecular weight is 593 g/mol. The van der Waals surface area contributed by atoms with E-state index in [1.165, 1.54) is 19.9 Å². The van der Waals surface area contributed by atoms with Crippen molar-refractivity contribution < 1.29 is 54.6 Å². The van der Waals surface area contributed by atoms with Gasteiger partial charge in [0.15, 0.2) is 10.6 Å². The molecule has 1 amide bonds. The quantitative estimate of drug-likeness (QED) is 0.130. The zero-order chi connectivity index (χ0) is 28.8. The number of carbonyl (C=O) groups is 1. The summed E-state index contributed by atoms with van der Waals surface area (Å²) < 4.78 is 101. The van der Waals surface area contributed by atoms with Gasteiger partial charge in [-0.15, -0.1) is 0 Å². The van der Waals surface area contributed by atoms with Gasteiger partial charge in [0.05, 0.1) is 11.4 Å². The highest BCUT2D eigenvalue weighted by molar-refractivity contribution is 7.86. The molecule has 0 fully saturated rings. The van der Waals surface area contributed by atoms with Gasteiger partial charge in [-0.25, -0.2) is 0 Å². The molecule has 0 unspecified atom stereocenters. The summed E-state index contributed by atoms with van der Waals surface area (Å²) in [5.41, 5.74) is 8.62. The first kappa shape index (κ1) is 29.0. The Labute approximate surface area is 216 Å². The number of carbonyl (C=O) groups excluding carboxylic acids is 1. The molecule has 0 bridgehead atoms. The second-order valence-electron chi connectivity index (χ2n) is 7.88. The molecular weight excluding hydrogens is 570 g/mol. The molecule has 3 aromatic rings. The topological polar surface area (TPSA) is 276 Å². The van der Waals surface area contributed by atoms with Gasteiger partial charge in [0.2, 0.25) is 5.91 Å². The average Bonchev–Trinajstić information content (AvgIpc) is 2.76. The summed E-state index contributed by atoms with van der Waals surface area (Å²) in [5, 5.41) is 12.1. The van der Waals surface area contributed by atoms with Crippen LogP contribution in [-0.4, -0.2) is 50.0 Å². The van der Waals surface area contributed by atoms with Crippen LogP contribution in [0.4, 0.5) is 28.4 Å². The molecule has 11 N–H and O–H groups in total. The summed E-state index contributed by atoms with van der Waals surface area (Å²) in [7, 11) is -14.7. The van der Waals surface area contributed by atoms with E-state index in [0.29, 0.717) is 0 Å². The van der Waals surface area contributed by atoms with Crippen molar-refractivity contribution in [3.63, 3.8) is 0 Å². The van der Waals surface area contributed by atoms with Gasteiger partial charge in [-0.2, -0.15) is 25.3 Å². The minimum atomic E-state index is -5.10. The summed E-state index contributed by atoms with van der Waals surface area (Å²) in [4.78, 5) is 9.12. The fourth-order valence-corrected chi connectivity index (χ4v) is 5.75. The molecule has 0 saturated heterocycles. The molecule has 19 heteroatoms. The van der Waals surface area contributed by atoms with Crippen molar-refractivity contribution in [2.24, 2.45) is 0 Å². The number of nitrogens with one attached hydrogen (secondary N) is 4. The zero-order valence-electron chi connectivity index (χ0n) is 19.5. The predicted octanol–water partition coefficient (Wildman–Crippen LogP) is 0.960. The SMILES string of the molecule is CC(=O)Nc1ccc(S(=O)(=O)O)c(NNc2c(S(=O)(=O)O)cc3cc(S(=O)(=O)O)c([NH3+])c(C)c3c2NO)c1. The fourth-order valence-electron chi connectivity index (χ4n) is 3.69. The van der Waals surface area contributed by atoms with E-state index in [1.807, 2.05) is 0 Å². The monoisotopic (exact) mass is 592 g/mol. The summed E-state index contributed by atoms with van der Waals surface area (Å²) in [6.07, 6.45) is 0. The fraction of sp³-hybridized carbons (Fsp3) is 0.105. The van der Waals surface area contributed by atoms with Gasteiger partial charge in [0, 0.05) is 23.6 Å². The highest BCUT2D eigenvalue weighted by Gasteiger charge is 2.28. The van der Waals surface area contributed by atoms with E-state index >= 15 is 0 Å². The molecule has 38 heavy (non-hydrogen) atoms. The van der Waals surface area contributed by atoms with E-state index in [1.54, 1.807) is 5.48 Å². The number of amides is 1. The standard InChI is InChI=1S/C19H21N5O11S3/c1-8-16-10(5-14(17(8)20)37(30,31)32)6-15(38(33,34)35)18(19(16)24-26)23-22-12-7-11(21-9(2)25)3-4-13(12)36(27,28)29/h3-7,22-24,26H,20H2,1-2H3,(H,21,25)(H,27,28,29)(H,30,31,32)(H,33,34,35)/p+1. The van der Waals surface area contributed by atoms with Crippen LogP contribution >= 0.6 is 0 Å². The Kier molecular flexibility index (Phi) is 7.60. The minimum absolute atomic E-state index is 0.00333. The number of hydrazine groups is 1. The van der Waals surface area contributed by atoms with Gasteiger partial charge in [0.1, 0.15) is 15.5 Å². The van der Waals surface area contributed by atoms with Crippen LogP contribution in [0.15, 0.2) is 45.0 Å². The lowest BCUT2D eigenvalue weighted by Gasteiger charge is -2.21. The molecule has 16 nitrogen and oxygen atoms in total. The van der Waals surface area contributed by atoms with Crippen molar-refractivity contribution in [3.8, 4) is 0 Å². The second kappa shape index (κ2) is 9.96. The smallest absolute Gasteiger partial charge is 0.300 e. The molecule has 3 rings (SSSR count). The van der Waals surface area contributed by atoms with Gasteiger partial charge in [-0.05, 0) is 42.6 Å². The first-order chi connectivity index (χ1) is 17.4. The zero-order valence-corrected chi connectivity index (χ0v) is 21.9. The van der Waals surface area contributed by atoms with Crippen LogP contribution in [0, 0.1) is 6.92 Å². The van der Waals surface area contributed by atoms with E-state index in [2.05, 4.69) is 21.9 Å². The minimum Gasteiger partial charge on any atom is -0.326 e. The van der Waals surface area contributed by atoms with E-state index in [0.717, 1.165) is 24.3 Å². The Morgan fingerprint density at radius 3 is 1.87 bits per heavy atom. The summed E-state index contributed by atoms with van der Waals surface area (Å²) in [5.74, 6) is -0.512. The van der Waals surface area contributed by atoms with Gasteiger partial charge >= 0.3 is 0 Å². The lowest BCUT2D eigenvalue weighted by molar-refractivity contribution is -0.259. The lowest BCUT2D eigenvalue weighted by Crippen LogP contribution is -2.43. The number of benzene rings is 3. The van der Waals surface area contributed by atoms with Crippen LogP contribution in [0.5, 0.6) is 0 Å². The summed E-state index contributed by atoms with van der Waals surface area (Å²) in [6, 6.07) is 4.89. The lowest BCUT2D eigenvalue weighted by atomic mass is 10.0. The number of aryl methyl sites for hydroxylation is 1. The van der Waals surface area contributed by atoms with E-state index in [4.69, 9.17) is 0 Å². The van der Waals surface area contributed by atoms with Crippen molar-refractivity contribution >= 4 is 75.5 Å². The van der Waals surface area contributed by atoms with Crippen molar-refractivity contribution in [3.05, 3.63) is 35.9 Å². The van der Waals surface area contributed by atoms with Crippen LogP contribution < -0.4 is 27.4 Å². The first-order valence-electron chi connectivity index (χ1n) is 10.1.